The summed E-state index contributed by atoms with van der Waals surface area (Å²) in [4.78, 5) is 2.39. The fourth-order valence-electron chi connectivity index (χ4n) is 2.97. The van der Waals surface area contributed by atoms with Gasteiger partial charge in [0.25, 0.3) is 5.52 Å². The topological polar surface area (TPSA) is 42.0 Å². The van der Waals surface area contributed by atoms with Gasteiger partial charge in [-0.15, -0.1) is 11.8 Å². The Kier molecular flexibility index (Phi) is 4.41. The maximum Gasteiger partial charge on any atom is 0.376 e. The van der Waals surface area contributed by atoms with Crippen molar-refractivity contribution in [1.82, 2.24) is 4.90 Å². The zero-order valence-corrected chi connectivity index (χ0v) is 15.0. The van der Waals surface area contributed by atoms with Crippen LogP contribution in [0.4, 0.5) is 0 Å². The number of hydrogen-bond donors (Lipinski definition) is 0. The van der Waals surface area contributed by atoms with Crippen LogP contribution in [0.15, 0.2) is 27.6 Å². The van der Waals surface area contributed by atoms with Crippen molar-refractivity contribution in [2.45, 2.75) is 26.5 Å². The van der Waals surface area contributed by atoms with Gasteiger partial charge in [-0.2, -0.15) is 4.57 Å². The first-order chi connectivity index (χ1) is 11.8. The molecule has 1 aromatic carbocycles. The highest BCUT2D eigenvalue weighted by molar-refractivity contribution is 8.03. The Morgan fingerprint density at radius 1 is 1.42 bits per heavy atom. The second-order valence-corrected chi connectivity index (χ2v) is 7.11. The third kappa shape index (κ3) is 3.13. The fraction of sp³-hybridized carbons (Fsp3) is 0.500. The van der Waals surface area contributed by atoms with Crippen molar-refractivity contribution in [2.75, 3.05) is 32.1 Å². The first-order valence-electron chi connectivity index (χ1n) is 8.58. The van der Waals surface area contributed by atoms with Gasteiger partial charge >= 0.3 is 5.89 Å². The second-order valence-electron chi connectivity index (χ2n) is 5.99. The van der Waals surface area contributed by atoms with E-state index in [9.17, 15) is 0 Å². The molecule has 6 heteroatoms. The monoisotopic (exact) mass is 347 g/mol. The van der Waals surface area contributed by atoms with E-state index in [1.807, 2.05) is 23.9 Å². The number of oxazole rings is 1. The minimum Gasteiger partial charge on any atom is -0.491 e. The van der Waals surface area contributed by atoms with Gasteiger partial charge in [0, 0.05) is 18.8 Å². The lowest BCUT2D eigenvalue weighted by molar-refractivity contribution is -0.674. The number of epoxide rings is 1. The van der Waals surface area contributed by atoms with Gasteiger partial charge in [0.1, 0.15) is 25.0 Å². The molecule has 0 saturated carbocycles. The highest BCUT2D eigenvalue weighted by atomic mass is 32.2. The fourth-order valence-corrected chi connectivity index (χ4v) is 4.08. The number of rotatable bonds is 6. The SMILES string of the molecule is CCN1CCSC1=Cc1oc2ccc(OCC3CO3)cc2[n+]1CC. The Labute approximate surface area is 146 Å². The highest BCUT2D eigenvalue weighted by Crippen LogP contribution is 2.30. The van der Waals surface area contributed by atoms with E-state index in [0.29, 0.717) is 6.61 Å². The molecule has 1 aromatic heterocycles. The van der Waals surface area contributed by atoms with Gasteiger partial charge in [0.05, 0.1) is 23.8 Å². The van der Waals surface area contributed by atoms with Crippen LogP contribution in [0.1, 0.15) is 19.7 Å². The first kappa shape index (κ1) is 15.8. The second kappa shape index (κ2) is 6.69. The van der Waals surface area contributed by atoms with Crippen LogP contribution in [0, 0.1) is 0 Å². The number of thioether (sulfide) groups is 1. The quantitative estimate of drug-likeness (QED) is 0.594. The predicted octanol–water partition coefficient (Wildman–Crippen LogP) is 2.88. The minimum absolute atomic E-state index is 0.267. The van der Waals surface area contributed by atoms with Crippen molar-refractivity contribution < 1.29 is 18.5 Å². The van der Waals surface area contributed by atoms with Gasteiger partial charge < -0.3 is 18.8 Å². The third-order valence-corrected chi connectivity index (χ3v) is 5.47. The number of fused-ring (bicyclic) bond motifs is 1. The summed E-state index contributed by atoms with van der Waals surface area (Å²) in [6.45, 7) is 8.77. The summed E-state index contributed by atoms with van der Waals surface area (Å²) in [5, 5.41) is 1.29. The molecule has 0 aliphatic carbocycles. The molecular weight excluding hydrogens is 324 g/mol. The molecule has 2 aromatic rings. The predicted molar refractivity (Wildman–Crippen MR) is 95.0 cm³/mol. The van der Waals surface area contributed by atoms with Crippen LogP contribution in [0.2, 0.25) is 0 Å². The van der Waals surface area contributed by atoms with Crippen molar-refractivity contribution in [3.8, 4) is 5.75 Å². The summed E-state index contributed by atoms with van der Waals surface area (Å²) in [5.74, 6) is 2.91. The molecule has 4 rings (SSSR count). The number of hydrogen-bond acceptors (Lipinski definition) is 5. The lowest BCUT2D eigenvalue weighted by Gasteiger charge is -2.14. The van der Waals surface area contributed by atoms with Crippen LogP contribution in [0.3, 0.4) is 0 Å². The number of aromatic nitrogens is 1. The van der Waals surface area contributed by atoms with Crippen LogP contribution in [-0.4, -0.2) is 43.1 Å². The summed E-state index contributed by atoms with van der Waals surface area (Å²) in [6, 6.07) is 6.02. The average Bonchev–Trinajstić information content (AvgIpc) is 3.22. The van der Waals surface area contributed by atoms with Crippen molar-refractivity contribution in [3.05, 3.63) is 29.1 Å². The molecule has 1 atom stereocenters. The Morgan fingerprint density at radius 3 is 3.04 bits per heavy atom. The summed E-state index contributed by atoms with van der Waals surface area (Å²) in [5.41, 5.74) is 1.97. The lowest BCUT2D eigenvalue weighted by Crippen LogP contribution is -2.34. The van der Waals surface area contributed by atoms with E-state index in [-0.39, 0.29) is 6.10 Å². The van der Waals surface area contributed by atoms with Crippen LogP contribution >= 0.6 is 11.8 Å². The molecule has 0 N–H and O–H groups in total. The Bertz CT molecular complexity index is 767. The van der Waals surface area contributed by atoms with E-state index in [1.165, 1.54) is 5.03 Å². The molecule has 128 valence electrons. The minimum atomic E-state index is 0.267. The maximum absolute atomic E-state index is 6.10. The summed E-state index contributed by atoms with van der Waals surface area (Å²) in [7, 11) is 0. The van der Waals surface area contributed by atoms with Crippen molar-refractivity contribution in [1.29, 1.82) is 0 Å². The molecule has 0 spiro atoms. The molecule has 3 heterocycles. The maximum atomic E-state index is 6.10. The lowest BCUT2D eigenvalue weighted by atomic mass is 10.3. The molecule has 1 unspecified atom stereocenters. The zero-order chi connectivity index (χ0) is 16.5. The van der Waals surface area contributed by atoms with Crippen LogP contribution in [0.25, 0.3) is 17.2 Å². The number of aryl methyl sites for hydroxylation is 1. The van der Waals surface area contributed by atoms with E-state index in [0.717, 1.165) is 54.7 Å². The summed E-state index contributed by atoms with van der Waals surface area (Å²) in [6.07, 6.45) is 2.44. The van der Waals surface area contributed by atoms with Crippen LogP contribution in [0.5, 0.6) is 5.75 Å². The van der Waals surface area contributed by atoms with E-state index in [2.05, 4.69) is 35.5 Å². The van der Waals surface area contributed by atoms with Gasteiger partial charge in [0.2, 0.25) is 5.58 Å². The molecule has 2 aliphatic heterocycles. The Hall–Kier alpha value is -1.66. The van der Waals surface area contributed by atoms with E-state index >= 15 is 0 Å². The van der Waals surface area contributed by atoms with Gasteiger partial charge in [-0.05, 0) is 26.0 Å². The van der Waals surface area contributed by atoms with Gasteiger partial charge in [-0.1, -0.05) is 0 Å². The van der Waals surface area contributed by atoms with Gasteiger partial charge in [-0.3, -0.25) is 0 Å². The smallest absolute Gasteiger partial charge is 0.376 e. The Morgan fingerprint density at radius 2 is 2.29 bits per heavy atom. The summed E-state index contributed by atoms with van der Waals surface area (Å²) < 4.78 is 19.3. The molecule has 2 fully saturated rings. The van der Waals surface area contributed by atoms with Crippen molar-refractivity contribution in [3.63, 3.8) is 0 Å². The largest absolute Gasteiger partial charge is 0.491 e. The highest BCUT2D eigenvalue weighted by Gasteiger charge is 2.25. The molecule has 0 bridgehead atoms. The first-order valence-corrected chi connectivity index (χ1v) is 9.57. The molecule has 24 heavy (non-hydrogen) atoms. The van der Waals surface area contributed by atoms with Gasteiger partial charge in [-0.25, -0.2) is 0 Å². The van der Waals surface area contributed by atoms with E-state index < -0.39 is 0 Å². The molecule has 5 nitrogen and oxygen atoms in total. The number of nitrogens with zero attached hydrogens (tertiary/aromatic N) is 2. The molecule has 2 saturated heterocycles. The van der Waals surface area contributed by atoms with Crippen molar-refractivity contribution in [2.24, 2.45) is 0 Å². The molecule has 0 amide bonds. The van der Waals surface area contributed by atoms with Crippen LogP contribution < -0.4 is 9.30 Å². The zero-order valence-electron chi connectivity index (χ0n) is 14.2. The summed E-state index contributed by atoms with van der Waals surface area (Å²) >= 11 is 1.90. The normalized spacial score (nSPS) is 21.8. The number of ether oxygens (including phenoxy) is 2. The third-order valence-electron chi connectivity index (χ3n) is 4.41. The Balaban J connectivity index is 1.66. The molecule has 0 radical (unpaired) electrons. The number of benzene rings is 1. The van der Waals surface area contributed by atoms with E-state index in [1.54, 1.807) is 0 Å². The van der Waals surface area contributed by atoms with Gasteiger partial charge in [0.15, 0.2) is 0 Å². The molecular formula is C18H23N2O3S+. The molecule has 2 aliphatic rings. The van der Waals surface area contributed by atoms with E-state index in [4.69, 9.17) is 13.9 Å². The average molecular weight is 347 g/mol. The standard InChI is InChI=1S/C18H23N2O3S/c1-3-19-7-8-24-18(19)10-17-20(4-2)15-9-13(5-6-16(15)23-17)21-11-14-12-22-14/h5-6,9-10,14H,3-4,7-8,11-12H2,1-2H3/q+1. The van der Waals surface area contributed by atoms with Crippen LogP contribution in [-0.2, 0) is 11.3 Å². The van der Waals surface area contributed by atoms with Crippen molar-refractivity contribution >= 4 is 28.9 Å².